The minimum Gasteiger partial charge on any atom is -0.370 e. The van der Waals surface area contributed by atoms with E-state index >= 15 is 0 Å². The lowest BCUT2D eigenvalue weighted by Gasteiger charge is -2.20. The molecule has 0 fully saturated rings. The molecular formula is C22H20N4O. The van der Waals surface area contributed by atoms with E-state index in [1.165, 1.54) is 5.56 Å². The summed E-state index contributed by atoms with van der Waals surface area (Å²) in [7, 11) is 2.06. The van der Waals surface area contributed by atoms with E-state index in [0.717, 1.165) is 28.8 Å². The molecule has 2 N–H and O–H groups in total. The summed E-state index contributed by atoms with van der Waals surface area (Å²) in [5, 5.41) is 10.8. The van der Waals surface area contributed by atoms with Gasteiger partial charge in [-0.3, -0.25) is 9.89 Å². The first-order valence-corrected chi connectivity index (χ1v) is 8.79. The predicted octanol–water partition coefficient (Wildman–Crippen LogP) is 4.45. The molecule has 0 aliphatic heterocycles. The van der Waals surface area contributed by atoms with E-state index in [1.807, 2.05) is 54.6 Å². The van der Waals surface area contributed by atoms with Gasteiger partial charge in [-0.2, -0.15) is 5.10 Å². The van der Waals surface area contributed by atoms with Crippen molar-refractivity contribution in [3.63, 3.8) is 0 Å². The number of carbonyl (C=O) groups is 1. The van der Waals surface area contributed by atoms with Crippen LogP contribution in [-0.2, 0) is 6.54 Å². The number of hydrogen-bond donors (Lipinski definition) is 2. The zero-order valence-corrected chi connectivity index (χ0v) is 15.0. The zero-order chi connectivity index (χ0) is 18.6. The summed E-state index contributed by atoms with van der Waals surface area (Å²) in [5.41, 5.74) is 4.43. The van der Waals surface area contributed by atoms with E-state index in [1.54, 1.807) is 12.3 Å². The molecule has 134 valence electrons. The van der Waals surface area contributed by atoms with Crippen molar-refractivity contribution in [3.05, 3.63) is 90.1 Å². The highest BCUT2D eigenvalue weighted by Gasteiger charge is 2.11. The summed E-state index contributed by atoms with van der Waals surface area (Å²) in [6, 6.07) is 23.8. The van der Waals surface area contributed by atoms with Crippen LogP contribution in [0.3, 0.4) is 0 Å². The second-order valence-corrected chi connectivity index (χ2v) is 6.48. The standard InChI is InChI=1S/C22H20N4O/c1-26(15-16-6-3-2-4-7-16)19-12-10-18(11-13-19)24-22(27)20-9-5-8-17-14-23-25-21(17)20/h2-14H,15H2,1H3,(H,23,25)(H,24,27). The maximum Gasteiger partial charge on any atom is 0.257 e. The lowest BCUT2D eigenvalue weighted by molar-refractivity contribution is 0.102. The molecule has 4 aromatic rings. The lowest BCUT2D eigenvalue weighted by Crippen LogP contribution is -2.16. The van der Waals surface area contributed by atoms with Crippen LogP contribution in [-0.4, -0.2) is 23.2 Å². The van der Waals surface area contributed by atoms with Crippen molar-refractivity contribution in [2.24, 2.45) is 0 Å². The highest BCUT2D eigenvalue weighted by Crippen LogP contribution is 2.21. The number of rotatable bonds is 5. The normalized spacial score (nSPS) is 10.7. The number of anilines is 2. The molecule has 1 aromatic heterocycles. The molecule has 5 nitrogen and oxygen atoms in total. The fourth-order valence-electron chi connectivity index (χ4n) is 3.10. The number of aromatic nitrogens is 2. The Morgan fingerprint density at radius 3 is 2.56 bits per heavy atom. The quantitative estimate of drug-likeness (QED) is 0.555. The lowest BCUT2D eigenvalue weighted by atomic mass is 10.1. The van der Waals surface area contributed by atoms with Crippen molar-refractivity contribution in [1.29, 1.82) is 0 Å². The molecule has 1 heterocycles. The summed E-state index contributed by atoms with van der Waals surface area (Å²) in [5.74, 6) is -0.157. The summed E-state index contributed by atoms with van der Waals surface area (Å²) in [6.45, 7) is 0.828. The summed E-state index contributed by atoms with van der Waals surface area (Å²) >= 11 is 0. The molecule has 3 aromatic carbocycles. The minimum absolute atomic E-state index is 0.157. The van der Waals surface area contributed by atoms with Crippen LogP contribution < -0.4 is 10.2 Å². The molecular weight excluding hydrogens is 336 g/mol. The number of H-pyrrole nitrogens is 1. The van der Waals surface area contributed by atoms with E-state index in [-0.39, 0.29) is 5.91 Å². The first-order valence-electron chi connectivity index (χ1n) is 8.79. The Labute approximate surface area is 157 Å². The van der Waals surface area contributed by atoms with E-state index in [9.17, 15) is 4.79 Å². The van der Waals surface area contributed by atoms with Gasteiger partial charge in [-0.1, -0.05) is 42.5 Å². The highest BCUT2D eigenvalue weighted by atomic mass is 16.1. The van der Waals surface area contributed by atoms with Crippen LogP contribution in [0.15, 0.2) is 79.0 Å². The van der Waals surface area contributed by atoms with Gasteiger partial charge in [-0.25, -0.2) is 0 Å². The van der Waals surface area contributed by atoms with Crippen LogP contribution in [0, 0.1) is 0 Å². The number of fused-ring (bicyclic) bond motifs is 1. The number of carbonyl (C=O) groups excluding carboxylic acids is 1. The van der Waals surface area contributed by atoms with Crippen molar-refractivity contribution in [2.45, 2.75) is 6.54 Å². The van der Waals surface area contributed by atoms with Crippen LogP contribution in [0.2, 0.25) is 0 Å². The third-order valence-electron chi connectivity index (χ3n) is 4.55. The third-order valence-corrected chi connectivity index (χ3v) is 4.55. The van der Waals surface area contributed by atoms with Crippen LogP contribution in [0.4, 0.5) is 11.4 Å². The van der Waals surface area contributed by atoms with Gasteiger partial charge in [-0.05, 0) is 35.9 Å². The van der Waals surface area contributed by atoms with Crippen molar-refractivity contribution < 1.29 is 4.79 Å². The number of aromatic amines is 1. The fraction of sp³-hybridized carbons (Fsp3) is 0.0909. The van der Waals surface area contributed by atoms with Gasteiger partial charge in [0.25, 0.3) is 5.91 Å². The molecule has 27 heavy (non-hydrogen) atoms. The van der Waals surface area contributed by atoms with Crippen LogP contribution in [0.5, 0.6) is 0 Å². The van der Waals surface area contributed by atoms with Gasteiger partial charge in [0.1, 0.15) is 0 Å². The Morgan fingerprint density at radius 2 is 1.78 bits per heavy atom. The fourth-order valence-corrected chi connectivity index (χ4v) is 3.10. The Kier molecular flexibility index (Phi) is 4.58. The monoisotopic (exact) mass is 356 g/mol. The average molecular weight is 356 g/mol. The van der Waals surface area contributed by atoms with Crippen molar-refractivity contribution in [1.82, 2.24) is 10.2 Å². The molecule has 0 saturated heterocycles. The van der Waals surface area contributed by atoms with Gasteiger partial charge in [0.2, 0.25) is 0 Å². The molecule has 0 atom stereocenters. The zero-order valence-electron chi connectivity index (χ0n) is 15.0. The third kappa shape index (κ3) is 3.67. The van der Waals surface area contributed by atoms with E-state index in [4.69, 9.17) is 0 Å². The van der Waals surface area contributed by atoms with E-state index in [2.05, 4.69) is 39.6 Å². The van der Waals surface area contributed by atoms with Gasteiger partial charge in [0, 0.05) is 30.4 Å². The largest absolute Gasteiger partial charge is 0.370 e. The highest BCUT2D eigenvalue weighted by molar-refractivity contribution is 6.11. The molecule has 0 bridgehead atoms. The molecule has 0 saturated carbocycles. The second-order valence-electron chi connectivity index (χ2n) is 6.48. The Hall–Kier alpha value is -3.60. The van der Waals surface area contributed by atoms with E-state index in [0.29, 0.717) is 5.56 Å². The minimum atomic E-state index is -0.157. The maximum absolute atomic E-state index is 12.6. The van der Waals surface area contributed by atoms with Crippen molar-refractivity contribution >= 4 is 28.2 Å². The first-order chi connectivity index (χ1) is 13.2. The molecule has 0 aliphatic rings. The molecule has 0 radical (unpaired) electrons. The summed E-state index contributed by atoms with van der Waals surface area (Å²) < 4.78 is 0. The van der Waals surface area contributed by atoms with Gasteiger partial charge in [0.05, 0.1) is 17.3 Å². The van der Waals surface area contributed by atoms with Crippen molar-refractivity contribution in [3.8, 4) is 0 Å². The summed E-state index contributed by atoms with van der Waals surface area (Å²) in [6.07, 6.45) is 1.71. The summed E-state index contributed by atoms with van der Waals surface area (Å²) in [4.78, 5) is 14.8. The first kappa shape index (κ1) is 16.8. The van der Waals surface area contributed by atoms with E-state index < -0.39 is 0 Å². The molecule has 0 spiro atoms. The van der Waals surface area contributed by atoms with Crippen LogP contribution in [0.25, 0.3) is 10.9 Å². The Bertz CT molecular complexity index is 1050. The van der Waals surface area contributed by atoms with Crippen molar-refractivity contribution in [2.75, 3.05) is 17.3 Å². The van der Waals surface area contributed by atoms with Gasteiger partial charge < -0.3 is 10.2 Å². The smallest absolute Gasteiger partial charge is 0.257 e. The number of benzene rings is 3. The van der Waals surface area contributed by atoms with Crippen LogP contribution >= 0.6 is 0 Å². The Morgan fingerprint density at radius 1 is 1.00 bits per heavy atom. The van der Waals surface area contributed by atoms with Gasteiger partial charge in [0.15, 0.2) is 0 Å². The number of para-hydroxylation sites is 1. The maximum atomic E-state index is 12.6. The van der Waals surface area contributed by atoms with Gasteiger partial charge in [-0.15, -0.1) is 0 Å². The number of nitrogens with one attached hydrogen (secondary N) is 2. The predicted molar refractivity (Wildman–Crippen MR) is 109 cm³/mol. The molecule has 4 rings (SSSR count). The molecule has 0 aliphatic carbocycles. The molecule has 1 amide bonds. The second kappa shape index (κ2) is 7.33. The number of nitrogens with zero attached hydrogens (tertiary/aromatic N) is 2. The number of hydrogen-bond acceptors (Lipinski definition) is 3. The Balaban J connectivity index is 1.46. The van der Waals surface area contributed by atoms with Gasteiger partial charge >= 0.3 is 0 Å². The topological polar surface area (TPSA) is 61.0 Å². The van der Waals surface area contributed by atoms with Crippen LogP contribution in [0.1, 0.15) is 15.9 Å². The molecule has 0 unspecified atom stereocenters. The SMILES string of the molecule is CN(Cc1ccccc1)c1ccc(NC(=O)c2cccc3cn[nH]c23)cc1. The average Bonchev–Trinajstić information content (AvgIpc) is 3.18. The number of amides is 1. The molecule has 5 heteroatoms.